The van der Waals surface area contributed by atoms with Gasteiger partial charge in [0.05, 0.1) is 5.56 Å². The highest BCUT2D eigenvalue weighted by Crippen LogP contribution is 2.23. The minimum Gasteiger partial charge on any atom is -0.360 e. The van der Waals surface area contributed by atoms with Crippen LogP contribution in [0.5, 0.6) is 0 Å². The Bertz CT molecular complexity index is 820. The van der Waals surface area contributed by atoms with Gasteiger partial charge in [0, 0.05) is 28.7 Å². The number of nitrogens with one attached hydrogen (secondary N) is 1. The van der Waals surface area contributed by atoms with Crippen LogP contribution in [-0.2, 0) is 0 Å². The number of rotatable bonds is 2. The predicted octanol–water partition coefficient (Wildman–Crippen LogP) is 3.99. The van der Waals surface area contributed by atoms with Crippen molar-refractivity contribution in [3.8, 4) is 0 Å². The highest BCUT2D eigenvalue weighted by molar-refractivity contribution is 6.16. The lowest BCUT2D eigenvalue weighted by molar-refractivity contribution is 0.103. The average molecular weight is 271 g/mol. The van der Waals surface area contributed by atoms with Crippen molar-refractivity contribution >= 4 is 16.7 Å². The Balaban J connectivity index is 2.13. The molecule has 20 heavy (non-hydrogen) atoms. The number of ketones is 1. The van der Waals surface area contributed by atoms with E-state index in [0.717, 1.165) is 22.5 Å². The van der Waals surface area contributed by atoms with Gasteiger partial charge in [-0.1, -0.05) is 12.1 Å². The number of benzene rings is 2. The lowest BCUT2D eigenvalue weighted by Gasteiger charge is -2.02. The van der Waals surface area contributed by atoms with Crippen LogP contribution in [-0.4, -0.2) is 10.8 Å². The molecule has 0 radical (unpaired) electrons. The second-order valence-corrected chi connectivity index (χ2v) is 4.70. The number of aryl methyl sites for hydroxylation is 1. The summed E-state index contributed by atoms with van der Waals surface area (Å²) in [6, 6.07) is 8.57. The van der Waals surface area contributed by atoms with Crippen LogP contribution in [0.2, 0.25) is 0 Å². The summed E-state index contributed by atoms with van der Waals surface area (Å²) in [6.45, 7) is 1.95. The van der Waals surface area contributed by atoms with Gasteiger partial charge in [0.2, 0.25) is 0 Å². The smallest absolute Gasteiger partial charge is 0.198 e. The van der Waals surface area contributed by atoms with E-state index in [-0.39, 0.29) is 5.56 Å². The van der Waals surface area contributed by atoms with E-state index in [4.69, 9.17) is 0 Å². The summed E-state index contributed by atoms with van der Waals surface area (Å²) in [7, 11) is 0. The fourth-order valence-electron chi connectivity index (χ4n) is 2.25. The summed E-state index contributed by atoms with van der Waals surface area (Å²) in [5.41, 5.74) is 2.13. The number of hydrogen-bond acceptors (Lipinski definition) is 1. The van der Waals surface area contributed by atoms with Crippen LogP contribution in [0.4, 0.5) is 8.78 Å². The topological polar surface area (TPSA) is 32.9 Å². The molecule has 4 heteroatoms. The van der Waals surface area contributed by atoms with Crippen molar-refractivity contribution in [1.29, 1.82) is 0 Å². The first-order valence-electron chi connectivity index (χ1n) is 6.14. The summed E-state index contributed by atoms with van der Waals surface area (Å²) in [4.78, 5) is 15.3. The first-order chi connectivity index (χ1) is 9.56. The Morgan fingerprint density at radius 2 is 1.85 bits per heavy atom. The molecule has 2 aromatic carbocycles. The summed E-state index contributed by atoms with van der Waals surface area (Å²) in [5, 5.41) is 0.726. The highest BCUT2D eigenvalue weighted by Gasteiger charge is 2.18. The molecule has 0 atom stereocenters. The molecule has 2 nitrogen and oxygen atoms in total. The van der Waals surface area contributed by atoms with Gasteiger partial charge >= 0.3 is 0 Å². The first kappa shape index (κ1) is 12.5. The highest BCUT2D eigenvalue weighted by atomic mass is 19.1. The van der Waals surface area contributed by atoms with Gasteiger partial charge in [-0.2, -0.15) is 0 Å². The van der Waals surface area contributed by atoms with Gasteiger partial charge in [0.25, 0.3) is 0 Å². The van der Waals surface area contributed by atoms with E-state index < -0.39 is 17.4 Å². The van der Waals surface area contributed by atoms with Crippen LogP contribution in [0.3, 0.4) is 0 Å². The molecular formula is C16H11F2NO. The second kappa shape index (κ2) is 4.56. The van der Waals surface area contributed by atoms with E-state index >= 15 is 0 Å². The number of hydrogen-bond donors (Lipinski definition) is 1. The van der Waals surface area contributed by atoms with Crippen molar-refractivity contribution in [2.75, 3.05) is 0 Å². The number of carbonyl (C=O) groups is 1. The third-order valence-electron chi connectivity index (χ3n) is 3.26. The van der Waals surface area contributed by atoms with E-state index in [9.17, 15) is 13.6 Å². The summed E-state index contributed by atoms with van der Waals surface area (Å²) >= 11 is 0. The maximum atomic E-state index is 13.7. The Labute approximate surface area is 114 Å². The molecule has 0 aliphatic rings. The number of carbonyl (C=O) groups excluding carboxylic acids is 1. The van der Waals surface area contributed by atoms with Crippen LogP contribution in [0.25, 0.3) is 10.9 Å². The monoisotopic (exact) mass is 271 g/mol. The quantitative estimate of drug-likeness (QED) is 0.702. The number of halogens is 2. The predicted molar refractivity (Wildman–Crippen MR) is 72.8 cm³/mol. The van der Waals surface area contributed by atoms with Crippen molar-refractivity contribution < 1.29 is 13.6 Å². The van der Waals surface area contributed by atoms with E-state index in [2.05, 4.69) is 4.98 Å². The molecule has 0 spiro atoms. The Kier molecular flexibility index (Phi) is 2.86. The molecular weight excluding hydrogens is 260 g/mol. The van der Waals surface area contributed by atoms with Crippen LogP contribution in [0.15, 0.2) is 42.6 Å². The average Bonchev–Trinajstić information content (AvgIpc) is 2.80. The molecule has 1 heterocycles. The number of aromatic amines is 1. The molecule has 0 fully saturated rings. The Morgan fingerprint density at radius 1 is 1.05 bits per heavy atom. The maximum Gasteiger partial charge on any atom is 0.198 e. The van der Waals surface area contributed by atoms with Gasteiger partial charge in [0.1, 0.15) is 11.6 Å². The van der Waals surface area contributed by atoms with Gasteiger partial charge in [-0.25, -0.2) is 8.78 Å². The van der Waals surface area contributed by atoms with Crippen molar-refractivity contribution in [2.24, 2.45) is 0 Å². The molecule has 3 rings (SSSR count). The fourth-order valence-corrected chi connectivity index (χ4v) is 2.25. The normalized spacial score (nSPS) is 10.9. The molecule has 3 aromatic rings. The van der Waals surface area contributed by atoms with Gasteiger partial charge in [-0.15, -0.1) is 0 Å². The Hall–Kier alpha value is -2.49. The zero-order valence-electron chi connectivity index (χ0n) is 10.7. The molecule has 1 N–H and O–H groups in total. The summed E-state index contributed by atoms with van der Waals surface area (Å²) in [5.74, 6) is -2.01. The number of fused-ring (bicyclic) bond motifs is 1. The van der Waals surface area contributed by atoms with Crippen molar-refractivity contribution in [3.63, 3.8) is 0 Å². The minimum absolute atomic E-state index is 0.132. The van der Waals surface area contributed by atoms with Crippen LogP contribution >= 0.6 is 0 Å². The van der Waals surface area contributed by atoms with E-state index in [1.807, 2.05) is 25.1 Å². The molecule has 0 aliphatic heterocycles. The standard InChI is InChI=1S/C16H11F2NO/c1-9-2-4-11-13(8-19-15(11)6-9)16(20)12-5-3-10(17)7-14(12)18/h2-8,19H,1H3. The summed E-state index contributed by atoms with van der Waals surface area (Å²) in [6.07, 6.45) is 1.55. The zero-order chi connectivity index (χ0) is 14.3. The molecule has 0 saturated heterocycles. The van der Waals surface area contributed by atoms with Crippen LogP contribution in [0.1, 0.15) is 21.5 Å². The second-order valence-electron chi connectivity index (χ2n) is 4.70. The maximum absolute atomic E-state index is 13.7. The zero-order valence-corrected chi connectivity index (χ0v) is 10.7. The molecule has 0 saturated carbocycles. The molecule has 0 aliphatic carbocycles. The molecule has 100 valence electrons. The van der Waals surface area contributed by atoms with E-state index in [1.165, 1.54) is 6.07 Å². The van der Waals surface area contributed by atoms with Crippen LogP contribution < -0.4 is 0 Å². The van der Waals surface area contributed by atoms with E-state index in [1.54, 1.807) is 6.20 Å². The van der Waals surface area contributed by atoms with Crippen LogP contribution in [0, 0.1) is 18.6 Å². The van der Waals surface area contributed by atoms with Crippen molar-refractivity contribution in [3.05, 3.63) is 70.9 Å². The fraction of sp³-hybridized carbons (Fsp3) is 0.0625. The van der Waals surface area contributed by atoms with Gasteiger partial charge in [-0.05, 0) is 30.7 Å². The number of H-pyrrole nitrogens is 1. The minimum atomic E-state index is -0.850. The third-order valence-corrected chi connectivity index (χ3v) is 3.26. The molecule has 0 bridgehead atoms. The van der Waals surface area contributed by atoms with Crippen molar-refractivity contribution in [1.82, 2.24) is 4.98 Å². The first-order valence-corrected chi connectivity index (χ1v) is 6.14. The van der Waals surface area contributed by atoms with E-state index in [0.29, 0.717) is 11.6 Å². The Morgan fingerprint density at radius 3 is 2.60 bits per heavy atom. The third kappa shape index (κ3) is 1.99. The lowest BCUT2D eigenvalue weighted by atomic mass is 10.0. The molecule has 0 unspecified atom stereocenters. The lowest BCUT2D eigenvalue weighted by Crippen LogP contribution is -2.04. The number of aromatic nitrogens is 1. The molecule has 0 amide bonds. The molecule has 1 aromatic heterocycles. The van der Waals surface area contributed by atoms with Gasteiger partial charge in [0.15, 0.2) is 5.78 Å². The largest absolute Gasteiger partial charge is 0.360 e. The van der Waals surface area contributed by atoms with Crippen molar-refractivity contribution in [2.45, 2.75) is 6.92 Å². The SMILES string of the molecule is Cc1ccc2c(C(=O)c3ccc(F)cc3F)c[nH]c2c1. The van der Waals surface area contributed by atoms with Gasteiger partial charge in [-0.3, -0.25) is 4.79 Å². The van der Waals surface area contributed by atoms with Gasteiger partial charge < -0.3 is 4.98 Å². The summed E-state index contributed by atoms with van der Waals surface area (Å²) < 4.78 is 26.6.